The van der Waals surface area contributed by atoms with Crippen LogP contribution in [0.25, 0.3) is 5.65 Å². The van der Waals surface area contributed by atoms with Crippen LogP contribution in [-0.2, 0) is 4.74 Å². The molecule has 3 aromatic rings. The molecule has 2 heterocycles. The van der Waals surface area contributed by atoms with Crippen molar-refractivity contribution < 1.29 is 14.3 Å². The van der Waals surface area contributed by atoms with Gasteiger partial charge in [0.2, 0.25) is 0 Å². The molecule has 0 aliphatic heterocycles. The number of benzene rings is 1. The van der Waals surface area contributed by atoms with Crippen LogP contribution in [0.2, 0.25) is 0 Å². The first-order chi connectivity index (χ1) is 11.5. The second kappa shape index (κ2) is 6.45. The Morgan fingerprint density at radius 3 is 2.54 bits per heavy atom. The lowest BCUT2D eigenvalue weighted by molar-refractivity contribution is 0.0600. The Balaban J connectivity index is 1.89. The molecule has 0 unspecified atom stereocenters. The Kier molecular flexibility index (Phi) is 4.35. The zero-order valence-corrected chi connectivity index (χ0v) is 14.6. The molecule has 0 bridgehead atoms. The van der Waals surface area contributed by atoms with E-state index in [1.54, 1.807) is 41.8 Å². The molecule has 0 aliphatic carbocycles. The molecule has 2 aromatic heterocycles. The number of nitrogens with one attached hydrogen (secondary N) is 1. The largest absolute Gasteiger partial charge is 0.465 e. The van der Waals surface area contributed by atoms with E-state index in [2.05, 4.69) is 31.0 Å². The highest BCUT2D eigenvalue weighted by atomic mass is 79.9. The number of ether oxygens (including phenoxy) is 1. The number of fused-ring (bicyclic) bond motifs is 1. The number of carbonyl (C=O) groups excluding carboxylic acids is 2. The van der Waals surface area contributed by atoms with Crippen LogP contribution in [0.5, 0.6) is 0 Å². The summed E-state index contributed by atoms with van der Waals surface area (Å²) in [5, 5.41) is 2.81. The molecule has 0 saturated carbocycles. The Labute approximate surface area is 146 Å². The molecule has 24 heavy (non-hydrogen) atoms. The average Bonchev–Trinajstić information content (AvgIpc) is 2.90. The van der Waals surface area contributed by atoms with Crippen LogP contribution in [0.1, 0.15) is 26.5 Å². The molecular weight excluding hydrogens is 374 g/mol. The molecule has 0 radical (unpaired) electrons. The summed E-state index contributed by atoms with van der Waals surface area (Å²) >= 11 is 3.40. The van der Waals surface area contributed by atoms with Gasteiger partial charge in [-0.1, -0.05) is 0 Å². The van der Waals surface area contributed by atoms with E-state index in [0.717, 1.165) is 4.47 Å². The summed E-state index contributed by atoms with van der Waals surface area (Å²) < 4.78 is 7.23. The van der Waals surface area contributed by atoms with Crippen LogP contribution in [0.4, 0.5) is 5.69 Å². The van der Waals surface area contributed by atoms with Gasteiger partial charge in [-0.15, -0.1) is 0 Å². The van der Waals surface area contributed by atoms with E-state index in [1.165, 1.54) is 7.11 Å². The number of hydrogen-bond donors (Lipinski definition) is 1. The number of aryl methyl sites for hydroxylation is 1. The summed E-state index contributed by atoms with van der Waals surface area (Å²) in [7, 11) is 1.32. The highest BCUT2D eigenvalue weighted by Crippen LogP contribution is 2.18. The quantitative estimate of drug-likeness (QED) is 0.698. The van der Waals surface area contributed by atoms with Crippen molar-refractivity contribution in [3.05, 3.63) is 64.0 Å². The Morgan fingerprint density at radius 1 is 1.17 bits per heavy atom. The summed E-state index contributed by atoms with van der Waals surface area (Å²) in [5.41, 5.74) is 2.80. The van der Waals surface area contributed by atoms with Crippen molar-refractivity contribution in [3.8, 4) is 0 Å². The average molecular weight is 388 g/mol. The van der Waals surface area contributed by atoms with E-state index >= 15 is 0 Å². The van der Waals surface area contributed by atoms with E-state index in [9.17, 15) is 9.59 Å². The highest BCUT2D eigenvalue weighted by molar-refractivity contribution is 9.10. The van der Waals surface area contributed by atoms with E-state index in [1.807, 2.05) is 12.1 Å². The van der Waals surface area contributed by atoms with Gasteiger partial charge >= 0.3 is 5.97 Å². The van der Waals surface area contributed by atoms with Gasteiger partial charge in [-0.05, 0) is 59.3 Å². The first kappa shape index (κ1) is 16.2. The minimum absolute atomic E-state index is 0.274. The molecule has 7 heteroatoms. The second-order valence-electron chi connectivity index (χ2n) is 5.14. The summed E-state index contributed by atoms with van der Waals surface area (Å²) in [6, 6.07) is 10.2. The molecule has 0 spiro atoms. The van der Waals surface area contributed by atoms with E-state index < -0.39 is 5.97 Å². The first-order valence-electron chi connectivity index (χ1n) is 7.13. The lowest BCUT2D eigenvalue weighted by Crippen LogP contribution is -2.15. The number of esters is 1. The van der Waals surface area contributed by atoms with Gasteiger partial charge < -0.3 is 10.1 Å². The number of halogens is 1. The smallest absolute Gasteiger partial charge is 0.337 e. The van der Waals surface area contributed by atoms with Crippen molar-refractivity contribution in [1.29, 1.82) is 0 Å². The number of rotatable bonds is 3. The third kappa shape index (κ3) is 3.03. The van der Waals surface area contributed by atoms with Crippen LogP contribution in [0.3, 0.4) is 0 Å². The summed E-state index contributed by atoms with van der Waals surface area (Å²) in [6.07, 6.45) is 1.80. The van der Waals surface area contributed by atoms with Gasteiger partial charge in [0.1, 0.15) is 11.3 Å². The van der Waals surface area contributed by atoms with Gasteiger partial charge in [0.05, 0.1) is 18.4 Å². The first-order valence-corrected chi connectivity index (χ1v) is 7.93. The topological polar surface area (TPSA) is 72.7 Å². The molecule has 3 rings (SSSR count). The molecule has 1 aromatic carbocycles. The van der Waals surface area contributed by atoms with Crippen molar-refractivity contribution in [2.24, 2.45) is 0 Å². The molecule has 6 nitrogen and oxygen atoms in total. The van der Waals surface area contributed by atoms with Crippen molar-refractivity contribution in [2.75, 3.05) is 12.4 Å². The van der Waals surface area contributed by atoms with Gasteiger partial charge in [0.25, 0.3) is 5.91 Å². The van der Waals surface area contributed by atoms with Crippen LogP contribution >= 0.6 is 15.9 Å². The van der Waals surface area contributed by atoms with E-state index in [0.29, 0.717) is 28.3 Å². The van der Waals surface area contributed by atoms with Crippen molar-refractivity contribution >= 4 is 39.1 Å². The predicted octanol–water partition coefficient (Wildman–Crippen LogP) is 3.44. The minimum atomic E-state index is -0.421. The van der Waals surface area contributed by atoms with Crippen LogP contribution in [-0.4, -0.2) is 28.4 Å². The van der Waals surface area contributed by atoms with Crippen LogP contribution < -0.4 is 5.32 Å². The maximum Gasteiger partial charge on any atom is 0.337 e. The van der Waals surface area contributed by atoms with Gasteiger partial charge in [0.15, 0.2) is 0 Å². The molecule has 0 aliphatic rings. The monoisotopic (exact) mass is 387 g/mol. The fraction of sp³-hybridized carbons (Fsp3) is 0.118. The van der Waals surface area contributed by atoms with Crippen LogP contribution in [0.15, 0.2) is 47.1 Å². The number of carbonyl (C=O) groups is 2. The number of methoxy groups -OCH3 is 1. The Bertz CT molecular complexity index is 932. The molecule has 0 atom stereocenters. The lowest BCUT2D eigenvalue weighted by Gasteiger charge is -2.07. The van der Waals surface area contributed by atoms with Gasteiger partial charge in [0, 0.05) is 16.4 Å². The highest BCUT2D eigenvalue weighted by Gasteiger charge is 2.17. The number of aromatic nitrogens is 2. The molecule has 122 valence electrons. The maximum atomic E-state index is 12.6. The van der Waals surface area contributed by atoms with Crippen molar-refractivity contribution in [3.63, 3.8) is 0 Å². The molecule has 1 N–H and O–H groups in total. The molecule has 1 amide bonds. The fourth-order valence-corrected chi connectivity index (χ4v) is 2.74. The van der Waals surface area contributed by atoms with Gasteiger partial charge in [-0.2, -0.15) is 0 Å². The van der Waals surface area contributed by atoms with E-state index in [4.69, 9.17) is 0 Å². The molecule has 0 saturated heterocycles. The van der Waals surface area contributed by atoms with Gasteiger partial charge in [-0.3, -0.25) is 9.20 Å². The van der Waals surface area contributed by atoms with E-state index in [-0.39, 0.29) is 5.91 Å². The summed E-state index contributed by atoms with van der Waals surface area (Å²) in [5.74, 6) is -0.695. The number of nitrogens with zero attached hydrogens (tertiary/aromatic N) is 2. The lowest BCUT2D eigenvalue weighted by atomic mass is 10.2. The summed E-state index contributed by atoms with van der Waals surface area (Å²) in [4.78, 5) is 28.4. The number of amides is 1. The van der Waals surface area contributed by atoms with Crippen molar-refractivity contribution in [1.82, 2.24) is 9.38 Å². The third-order valence-corrected chi connectivity index (χ3v) is 4.00. The standard InChI is InChI=1S/C17H14BrN3O3/c1-10-15(21-9-12(18)5-8-14(21)19-10)16(22)20-13-6-3-11(4-7-13)17(23)24-2/h3-9H,1-2H3,(H,20,22). The fourth-order valence-electron chi connectivity index (χ4n) is 2.41. The number of imidazole rings is 1. The van der Waals surface area contributed by atoms with Crippen LogP contribution in [0, 0.1) is 6.92 Å². The molecule has 0 fully saturated rings. The number of pyridine rings is 1. The SMILES string of the molecule is COC(=O)c1ccc(NC(=O)c2c(C)nc3ccc(Br)cn23)cc1. The normalized spacial score (nSPS) is 10.6. The maximum absolute atomic E-state index is 12.6. The zero-order valence-electron chi connectivity index (χ0n) is 13.0. The Morgan fingerprint density at radius 2 is 1.88 bits per heavy atom. The summed E-state index contributed by atoms with van der Waals surface area (Å²) in [6.45, 7) is 1.79. The predicted molar refractivity (Wildman–Crippen MR) is 93.4 cm³/mol. The van der Waals surface area contributed by atoms with Crippen molar-refractivity contribution in [2.45, 2.75) is 6.92 Å². The second-order valence-corrected chi connectivity index (χ2v) is 6.06. The van der Waals surface area contributed by atoms with Gasteiger partial charge in [-0.25, -0.2) is 9.78 Å². The zero-order chi connectivity index (χ0) is 17.3. The Hall–Kier alpha value is -2.67. The number of hydrogen-bond acceptors (Lipinski definition) is 4. The number of anilines is 1. The third-order valence-electron chi connectivity index (χ3n) is 3.54. The minimum Gasteiger partial charge on any atom is -0.465 e. The molecular formula is C17H14BrN3O3.